The zero-order valence-corrected chi connectivity index (χ0v) is 10.4. The number of nitrogens with zero attached hydrogens (tertiary/aromatic N) is 2. The van der Waals surface area contributed by atoms with Gasteiger partial charge >= 0.3 is 0 Å². The van der Waals surface area contributed by atoms with Crippen molar-refractivity contribution in [2.45, 2.75) is 0 Å². The first kappa shape index (κ1) is 12.6. The number of nitrogens with one attached hydrogen (secondary N) is 1. The van der Waals surface area contributed by atoms with Crippen LogP contribution >= 0.6 is 23.2 Å². The first-order valence-electron chi connectivity index (χ1n) is 4.84. The lowest BCUT2D eigenvalue weighted by molar-refractivity contribution is 0.102. The molecule has 1 heterocycles. The minimum absolute atomic E-state index is 0.0627. The van der Waals surface area contributed by atoms with Gasteiger partial charge in [0.15, 0.2) is 11.0 Å². The van der Waals surface area contributed by atoms with E-state index in [1.54, 1.807) is 0 Å². The maximum Gasteiger partial charge on any atom is 0.256 e. The normalized spacial score (nSPS) is 10.1. The lowest BCUT2D eigenvalue weighted by atomic mass is 10.2. The molecule has 0 aliphatic heterocycles. The van der Waals surface area contributed by atoms with E-state index in [4.69, 9.17) is 28.3 Å². The highest BCUT2D eigenvalue weighted by Gasteiger charge is 2.12. The zero-order chi connectivity index (χ0) is 13.1. The lowest BCUT2D eigenvalue weighted by Crippen LogP contribution is -2.13. The average Bonchev–Trinajstić information content (AvgIpc) is 2.36. The Labute approximate surface area is 112 Å². The molecule has 1 aromatic heterocycles. The number of halogens is 2. The zero-order valence-electron chi connectivity index (χ0n) is 8.89. The van der Waals surface area contributed by atoms with Crippen LogP contribution in [0.4, 0.5) is 5.82 Å². The van der Waals surface area contributed by atoms with Crippen molar-refractivity contribution >= 4 is 34.9 Å². The van der Waals surface area contributed by atoms with Crippen LogP contribution in [0.3, 0.4) is 0 Å². The van der Waals surface area contributed by atoms with Crippen LogP contribution in [0.5, 0.6) is 5.75 Å². The maximum absolute atomic E-state index is 11.8. The molecule has 0 saturated heterocycles. The van der Waals surface area contributed by atoms with E-state index in [0.717, 1.165) is 0 Å². The number of anilines is 1. The summed E-state index contributed by atoms with van der Waals surface area (Å²) < 4.78 is 0. The summed E-state index contributed by atoms with van der Waals surface area (Å²) in [6, 6.07) is 5.76. The smallest absolute Gasteiger partial charge is 0.256 e. The molecule has 2 N–H and O–H groups in total. The fraction of sp³-hybridized carbons (Fsp3) is 0. The van der Waals surface area contributed by atoms with Crippen LogP contribution in [0.2, 0.25) is 10.2 Å². The lowest BCUT2D eigenvalue weighted by Gasteiger charge is -2.06. The number of aromatic hydroxyl groups is 1. The molecule has 0 aliphatic rings. The molecule has 0 atom stereocenters. The summed E-state index contributed by atoms with van der Waals surface area (Å²) in [5, 5.41) is 11.8. The SMILES string of the molecule is O=C(Nc1ncnc(Cl)c1Cl)c1ccc(O)cc1. The highest BCUT2D eigenvalue weighted by Crippen LogP contribution is 2.25. The number of amides is 1. The predicted molar refractivity (Wildman–Crippen MR) is 68.1 cm³/mol. The summed E-state index contributed by atoms with van der Waals surface area (Å²) in [5.41, 5.74) is 0.360. The van der Waals surface area contributed by atoms with Crippen molar-refractivity contribution < 1.29 is 9.90 Å². The molecule has 18 heavy (non-hydrogen) atoms. The summed E-state index contributed by atoms with van der Waals surface area (Å²) in [4.78, 5) is 19.3. The largest absolute Gasteiger partial charge is 0.508 e. The van der Waals surface area contributed by atoms with Gasteiger partial charge in [0, 0.05) is 5.56 Å². The molecular weight excluding hydrogens is 277 g/mol. The van der Waals surface area contributed by atoms with Gasteiger partial charge in [0.1, 0.15) is 17.1 Å². The van der Waals surface area contributed by atoms with Crippen molar-refractivity contribution in [3.8, 4) is 5.75 Å². The minimum Gasteiger partial charge on any atom is -0.508 e. The molecule has 0 saturated carbocycles. The summed E-state index contributed by atoms with van der Waals surface area (Å²) in [6.45, 7) is 0. The first-order chi connectivity index (χ1) is 8.58. The fourth-order valence-corrected chi connectivity index (χ4v) is 1.51. The topological polar surface area (TPSA) is 75.1 Å². The highest BCUT2D eigenvalue weighted by atomic mass is 35.5. The van der Waals surface area contributed by atoms with Gasteiger partial charge in [-0.05, 0) is 24.3 Å². The van der Waals surface area contributed by atoms with Gasteiger partial charge in [0.2, 0.25) is 0 Å². The molecule has 0 unspecified atom stereocenters. The van der Waals surface area contributed by atoms with Gasteiger partial charge in [-0.25, -0.2) is 9.97 Å². The van der Waals surface area contributed by atoms with Crippen LogP contribution in [0.1, 0.15) is 10.4 Å². The Bertz CT molecular complexity index is 587. The Balaban J connectivity index is 2.21. The summed E-state index contributed by atoms with van der Waals surface area (Å²) in [5.74, 6) is -0.198. The van der Waals surface area contributed by atoms with Gasteiger partial charge in [0.25, 0.3) is 5.91 Å². The van der Waals surface area contributed by atoms with Gasteiger partial charge in [0.05, 0.1) is 0 Å². The number of phenolic OH excluding ortho intramolecular Hbond substituents is 1. The van der Waals surface area contributed by atoms with Crippen LogP contribution < -0.4 is 5.32 Å². The van der Waals surface area contributed by atoms with Crippen LogP contribution in [-0.4, -0.2) is 21.0 Å². The maximum atomic E-state index is 11.8. The van der Waals surface area contributed by atoms with Crippen molar-refractivity contribution in [3.05, 3.63) is 46.3 Å². The molecule has 1 amide bonds. The molecule has 2 rings (SSSR count). The summed E-state index contributed by atoms with van der Waals surface area (Å²) in [7, 11) is 0. The molecule has 1 aromatic carbocycles. The summed E-state index contributed by atoms with van der Waals surface area (Å²) in [6.07, 6.45) is 1.20. The van der Waals surface area contributed by atoms with Crippen molar-refractivity contribution in [2.24, 2.45) is 0 Å². The molecule has 92 valence electrons. The molecule has 7 heteroatoms. The molecule has 5 nitrogen and oxygen atoms in total. The third kappa shape index (κ3) is 2.69. The Hall–Kier alpha value is -1.85. The molecule has 0 spiro atoms. The van der Waals surface area contributed by atoms with Crippen LogP contribution in [0.15, 0.2) is 30.6 Å². The van der Waals surface area contributed by atoms with E-state index in [2.05, 4.69) is 15.3 Å². The second kappa shape index (κ2) is 5.20. The van der Waals surface area contributed by atoms with Gasteiger partial charge in [-0.1, -0.05) is 23.2 Å². The Morgan fingerprint density at radius 3 is 2.50 bits per heavy atom. The number of aromatic nitrogens is 2. The van der Waals surface area contributed by atoms with Crippen molar-refractivity contribution in [2.75, 3.05) is 5.32 Å². The standard InChI is InChI=1S/C11H7Cl2N3O2/c12-8-9(13)14-5-15-10(8)16-11(18)6-1-3-7(17)4-2-6/h1-5,17H,(H,14,15,16,18). The fourth-order valence-electron chi connectivity index (χ4n) is 1.23. The predicted octanol–water partition coefficient (Wildman–Crippen LogP) is 2.74. The Morgan fingerprint density at radius 1 is 1.17 bits per heavy atom. The number of phenols is 1. The highest BCUT2D eigenvalue weighted by molar-refractivity contribution is 6.43. The molecule has 0 aliphatic carbocycles. The number of hydrogen-bond acceptors (Lipinski definition) is 4. The third-order valence-electron chi connectivity index (χ3n) is 2.11. The Morgan fingerprint density at radius 2 is 1.83 bits per heavy atom. The quantitative estimate of drug-likeness (QED) is 0.831. The van der Waals surface area contributed by atoms with E-state index in [9.17, 15) is 4.79 Å². The third-order valence-corrected chi connectivity index (χ3v) is 2.85. The monoisotopic (exact) mass is 283 g/mol. The first-order valence-corrected chi connectivity index (χ1v) is 5.60. The second-order valence-electron chi connectivity index (χ2n) is 3.33. The number of carbonyl (C=O) groups is 1. The van der Waals surface area contributed by atoms with Gasteiger partial charge in [-0.15, -0.1) is 0 Å². The Kier molecular flexibility index (Phi) is 3.64. The second-order valence-corrected chi connectivity index (χ2v) is 4.06. The van der Waals surface area contributed by atoms with Gasteiger partial charge in [-0.2, -0.15) is 0 Å². The van der Waals surface area contributed by atoms with E-state index in [0.29, 0.717) is 5.56 Å². The van der Waals surface area contributed by atoms with E-state index < -0.39 is 5.91 Å². The van der Waals surface area contributed by atoms with E-state index >= 15 is 0 Å². The van der Waals surface area contributed by atoms with Crippen molar-refractivity contribution in [3.63, 3.8) is 0 Å². The van der Waals surface area contributed by atoms with Crippen molar-refractivity contribution in [1.82, 2.24) is 9.97 Å². The minimum atomic E-state index is -0.410. The number of rotatable bonds is 2. The van der Waals surface area contributed by atoms with Crippen LogP contribution in [0.25, 0.3) is 0 Å². The molecule has 0 radical (unpaired) electrons. The van der Waals surface area contributed by atoms with E-state index in [-0.39, 0.29) is 21.7 Å². The van der Waals surface area contributed by atoms with E-state index in [1.807, 2.05) is 0 Å². The molecule has 0 fully saturated rings. The van der Waals surface area contributed by atoms with Gasteiger partial charge < -0.3 is 10.4 Å². The molecule has 2 aromatic rings. The molecular formula is C11H7Cl2N3O2. The average molecular weight is 284 g/mol. The number of hydrogen-bond donors (Lipinski definition) is 2. The summed E-state index contributed by atoms with van der Waals surface area (Å²) >= 11 is 11.5. The van der Waals surface area contributed by atoms with Gasteiger partial charge in [-0.3, -0.25) is 4.79 Å². The molecule has 0 bridgehead atoms. The number of benzene rings is 1. The number of carbonyl (C=O) groups excluding carboxylic acids is 1. The van der Waals surface area contributed by atoms with Crippen molar-refractivity contribution in [1.29, 1.82) is 0 Å². The van der Waals surface area contributed by atoms with Crippen LogP contribution in [0, 0.1) is 0 Å². The van der Waals surface area contributed by atoms with E-state index in [1.165, 1.54) is 30.6 Å². The van der Waals surface area contributed by atoms with Crippen LogP contribution in [-0.2, 0) is 0 Å².